The Hall–Kier alpha value is -0.750. The van der Waals surface area contributed by atoms with Crippen molar-refractivity contribution in [3.63, 3.8) is 0 Å². The highest BCUT2D eigenvalue weighted by Crippen LogP contribution is 2.01. The summed E-state index contributed by atoms with van der Waals surface area (Å²) in [6, 6.07) is -0.773. The number of carboxylic acid groups (broad SMARTS) is 1. The molecular formula is C13H26N2O3S. The van der Waals surface area contributed by atoms with Crippen LogP contribution in [0.3, 0.4) is 0 Å². The number of amides is 1. The fourth-order valence-electron chi connectivity index (χ4n) is 1.84. The van der Waals surface area contributed by atoms with E-state index in [4.69, 9.17) is 5.11 Å². The molecule has 0 aromatic heterocycles. The number of carbonyl (C=O) groups is 2. The molecule has 1 amide bonds. The maximum absolute atomic E-state index is 11.9. The van der Waals surface area contributed by atoms with Gasteiger partial charge in [0.2, 0.25) is 5.91 Å². The summed E-state index contributed by atoms with van der Waals surface area (Å²) in [5, 5.41) is 11.7. The van der Waals surface area contributed by atoms with E-state index in [1.54, 1.807) is 11.8 Å². The first-order valence-corrected chi connectivity index (χ1v) is 8.17. The molecule has 0 aliphatic rings. The molecule has 6 heteroatoms. The van der Waals surface area contributed by atoms with Gasteiger partial charge in [0.1, 0.15) is 6.04 Å². The SMILES string of the molecule is CCCN(CCC)CC(=O)NC(CCSC)C(=O)O. The molecule has 0 saturated carbocycles. The van der Waals surface area contributed by atoms with Crippen LogP contribution in [0.15, 0.2) is 0 Å². The third kappa shape index (κ3) is 8.88. The molecule has 0 aliphatic carbocycles. The molecular weight excluding hydrogens is 264 g/mol. The lowest BCUT2D eigenvalue weighted by Crippen LogP contribution is -2.46. The predicted octanol–water partition coefficient (Wildman–Crippen LogP) is 1.43. The average molecular weight is 290 g/mol. The molecule has 0 bridgehead atoms. The van der Waals surface area contributed by atoms with Gasteiger partial charge in [0.25, 0.3) is 0 Å². The Morgan fingerprint density at radius 1 is 1.26 bits per heavy atom. The Bertz CT molecular complexity index is 269. The summed E-state index contributed by atoms with van der Waals surface area (Å²) in [5.41, 5.74) is 0. The van der Waals surface area contributed by atoms with Gasteiger partial charge in [-0.15, -0.1) is 0 Å². The van der Waals surface area contributed by atoms with E-state index in [-0.39, 0.29) is 12.5 Å². The molecule has 1 unspecified atom stereocenters. The first kappa shape index (κ1) is 18.2. The van der Waals surface area contributed by atoms with E-state index in [1.807, 2.05) is 6.26 Å². The van der Waals surface area contributed by atoms with Crippen molar-refractivity contribution < 1.29 is 14.7 Å². The number of nitrogens with one attached hydrogen (secondary N) is 1. The highest BCUT2D eigenvalue weighted by molar-refractivity contribution is 7.98. The maximum atomic E-state index is 11.9. The summed E-state index contributed by atoms with van der Waals surface area (Å²) < 4.78 is 0. The van der Waals surface area contributed by atoms with Crippen molar-refractivity contribution in [3.8, 4) is 0 Å². The standard InChI is InChI=1S/C13H26N2O3S/c1-4-7-15(8-5-2)10-12(16)14-11(13(17)18)6-9-19-3/h11H,4-10H2,1-3H3,(H,14,16)(H,17,18). The molecule has 0 rings (SSSR count). The minimum absolute atomic E-state index is 0.199. The van der Waals surface area contributed by atoms with Crippen molar-refractivity contribution in [2.24, 2.45) is 0 Å². The summed E-state index contributed by atoms with van der Waals surface area (Å²) in [6.45, 7) is 6.15. The van der Waals surface area contributed by atoms with Crippen molar-refractivity contribution in [3.05, 3.63) is 0 Å². The van der Waals surface area contributed by atoms with Crippen molar-refractivity contribution in [1.29, 1.82) is 0 Å². The van der Waals surface area contributed by atoms with Gasteiger partial charge in [-0.05, 0) is 44.4 Å². The first-order chi connectivity index (χ1) is 9.04. The number of hydrogen-bond acceptors (Lipinski definition) is 4. The zero-order valence-electron chi connectivity index (χ0n) is 12.1. The van der Waals surface area contributed by atoms with Crippen LogP contribution in [0.1, 0.15) is 33.1 Å². The number of rotatable bonds is 11. The lowest BCUT2D eigenvalue weighted by atomic mass is 10.2. The summed E-state index contributed by atoms with van der Waals surface area (Å²) >= 11 is 1.58. The quantitative estimate of drug-likeness (QED) is 0.602. The monoisotopic (exact) mass is 290 g/mol. The molecule has 2 N–H and O–H groups in total. The normalized spacial score (nSPS) is 12.4. The number of thioether (sulfide) groups is 1. The van der Waals surface area contributed by atoms with E-state index in [9.17, 15) is 9.59 Å². The van der Waals surface area contributed by atoms with Gasteiger partial charge >= 0.3 is 5.97 Å². The number of carbonyl (C=O) groups excluding carboxylic acids is 1. The largest absolute Gasteiger partial charge is 0.480 e. The molecule has 0 aliphatic heterocycles. The van der Waals surface area contributed by atoms with Crippen LogP contribution < -0.4 is 5.32 Å². The van der Waals surface area contributed by atoms with Gasteiger partial charge in [-0.25, -0.2) is 4.79 Å². The first-order valence-electron chi connectivity index (χ1n) is 6.78. The molecule has 112 valence electrons. The van der Waals surface area contributed by atoms with Gasteiger partial charge in [-0.3, -0.25) is 9.69 Å². The zero-order chi connectivity index (χ0) is 14.7. The minimum atomic E-state index is -0.958. The second kappa shape index (κ2) is 11.1. The number of nitrogens with zero attached hydrogens (tertiary/aromatic N) is 1. The lowest BCUT2D eigenvalue weighted by molar-refractivity contribution is -0.142. The minimum Gasteiger partial charge on any atom is -0.480 e. The summed E-state index contributed by atoms with van der Waals surface area (Å²) in [4.78, 5) is 25.0. The zero-order valence-corrected chi connectivity index (χ0v) is 13.0. The lowest BCUT2D eigenvalue weighted by Gasteiger charge is -2.21. The van der Waals surface area contributed by atoms with Crippen molar-refractivity contribution in [1.82, 2.24) is 10.2 Å². The van der Waals surface area contributed by atoms with Crippen LogP contribution in [0.25, 0.3) is 0 Å². The second-order valence-corrected chi connectivity index (χ2v) is 5.50. The number of aliphatic carboxylic acids is 1. The smallest absolute Gasteiger partial charge is 0.326 e. The fraction of sp³-hybridized carbons (Fsp3) is 0.846. The molecule has 19 heavy (non-hydrogen) atoms. The van der Waals surface area contributed by atoms with E-state index in [0.717, 1.165) is 31.7 Å². The van der Waals surface area contributed by atoms with Gasteiger partial charge < -0.3 is 10.4 Å². The Morgan fingerprint density at radius 2 is 1.84 bits per heavy atom. The highest BCUT2D eigenvalue weighted by Gasteiger charge is 2.20. The summed E-state index contributed by atoms with van der Waals surface area (Å²) in [5.74, 6) is -0.430. The molecule has 5 nitrogen and oxygen atoms in total. The third-order valence-electron chi connectivity index (χ3n) is 2.69. The molecule has 0 radical (unpaired) electrons. The van der Waals surface area contributed by atoms with Crippen LogP contribution in [0, 0.1) is 0 Å². The van der Waals surface area contributed by atoms with Crippen LogP contribution in [0.5, 0.6) is 0 Å². The Labute approximate surface area is 120 Å². The third-order valence-corrected chi connectivity index (χ3v) is 3.33. The van der Waals surface area contributed by atoms with E-state index >= 15 is 0 Å². The highest BCUT2D eigenvalue weighted by atomic mass is 32.2. The molecule has 0 heterocycles. The average Bonchev–Trinajstić information content (AvgIpc) is 2.34. The maximum Gasteiger partial charge on any atom is 0.326 e. The summed E-state index contributed by atoms with van der Waals surface area (Å²) in [6.07, 6.45) is 4.36. The fourth-order valence-corrected chi connectivity index (χ4v) is 2.31. The van der Waals surface area contributed by atoms with E-state index < -0.39 is 12.0 Å². The van der Waals surface area contributed by atoms with E-state index in [2.05, 4.69) is 24.1 Å². The molecule has 0 saturated heterocycles. The Kier molecular flexibility index (Phi) is 10.7. The number of carboxylic acids is 1. The summed E-state index contributed by atoms with van der Waals surface area (Å²) in [7, 11) is 0. The van der Waals surface area contributed by atoms with Crippen LogP contribution in [-0.2, 0) is 9.59 Å². The Morgan fingerprint density at radius 3 is 2.26 bits per heavy atom. The van der Waals surface area contributed by atoms with Crippen LogP contribution >= 0.6 is 11.8 Å². The molecule has 0 spiro atoms. The van der Waals surface area contributed by atoms with E-state index in [0.29, 0.717) is 6.42 Å². The van der Waals surface area contributed by atoms with Crippen LogP contribution in [0.2, 0.25) is 0 Å². The van der Waals surface area contributed by atoms with Crippen LogP contribution in [-0.4, -0.2) is 59.6 Å². The molecule has 0 aromatic carbocycles. The van der Waals surface area contributed by atoms with Gasteiger partial charge in [0.15, 0.2) is 0 Å². The van der Waals surface area contributed by atoms with Crippen molar-refractivity contribution in [2.75, 3.05) is 31.6 Å². The molecule has 0 fully saturated rings. The van der Waals surface area contributed by atoms with Crippen LogP contribution in [0.4, 0.5) is 0 Å². The topological polar surface area (TPSA) is 69.6 Å². The number of hydrogen-bond donors (Lipinski definition) is 2. The van der Waals surface area contributed by atoms with Gasteiger partial charge in [0.05, 0.1) is 6.54 Å². The van der Waals surface area contributed by atoms with Gasteiger partial charge in [0, 0.05) is 0 Å². The Balaban J connectivity index is 4.25. The van der Waals surface area contributed by atoms with Gasteiger partial charge in [-0.1, -0.05) is 13.8 Å². The molecule has 1 atom stereocenters. The predicted molar refractivity (Wildman–Crippen MR) is 79.6 cm³/mol. The van der Waals surface area contributed by atoms with Crippen molar-refractivity contribution >= 4 is 23.6 Å². The van der Waals surface area contributed by atoms with Crippen molar-refractivity contribution in [2.45, 2.75) is 39.2 Å². The van der Waals surface area contributed by atoms with E-state index in [1.165, 1.54) is 0 Å². The molecule has 0 aromatic rings. The second-order valence-electron chi connectivity index (χ2n) is 4.52. The van der Waals surface area contributed by atoms with Gasteiger partial charge in [-0.2, -0.15) is 11.8 Å².